The van der Waals surface area contributed by atoms with E-state index < -0.39 is 5.97 Å². The Morgan fingerprint density at radius 3 is 2.79 bits per heavy atom. The van der Waals surface area contributed by atoms with Crippen LogP contribution in [0.3, 0.4) is 0 Å². The summed E-state index contributed by atoms with van der Waals surface area (Å²) in [5, 5.41) is 4.67. The van der Waals surface area contributed by atoms with Crippen LogP contribution in [0.2, 0.25) is 5.02 Å². The molecule has 0 spiro atoms. The lowest BCUT2D eigenvalue weighted by Crippen LogP contribution is -2.07. The number of imidazole rings is 1. The van der Waals surface area contributed by atoms with Gasteiger partial charge in [-0.05, 0) is 59.1 Å². The second-order valence-corrected chi connectivity index (χ2v) is 7.64. The third-order valence-corrected chi connectivity index (χ3v) is 5.60. The fourth-order valence-corrected chi connectivity index (χ4v) is 3.86. The Balaban J connectivity index is 1.59. The number of fused-ring (bicyclic) bond motifs is 1. The molecule has 0 aliphatic heterocycles. The predicted octanol–water partition coefficient (Wildman–Crippen LogP) is 4.87. The molecule has 0 fully saturated rings. The van der Waals surface area contributed by atoms with Crippen LogP contribution in [-0.4, -0.2) is 27.6 Å². The topological polar surface area (TPSA) is 66.2 Å². The van der Waals surface area contributed by atoms with Gasteiger partial charge >= 0.3 is 5.97 Å². The number of benzene rings is 1. The molecule has 0 unspecified atom stereocenters. The molecule has 0 radical (unpaired) electrons. The lowest BCUT2D eigenvalue weighted by atomic mass is 10.2. The van der Waals surface area contributed by atoms with Crippen LogP contribution >= 0.6 is 22.9 Å². The van der Waals surface area contributed by atoms with E-state index in [0.717, 1.165) is 17.0 Å². The number of pyridine rings is 1. The molecule has 3 aromatic heterocycles. The van der Waals surface area contributed by atoms with Crippen LogP contribution in [0.15, 0.2) is 47.2 Å². The molecular weight excluding hydrogens is 410 g/mol. The van der Waals surface area contributed by atoms with Gasteiger partial charge in [0, 0.05) is 5.02 Å². The molecule has 3 heterocycles. The SMILES string of the molecule is COC(=O)c1ccc2nc(C)n(Cc3ccc(OCc4ccsc4)cc3Cl)c2n1. The van der Waals surface area contributed by atoms with Crippen molar-refractivity contribution in [1.82, 2.24) is 14.5 Å². The lowest BCUT2D eigenvalue weighted by Gasteiger charge is -2.11. The number of carbonyl (C=O) groups is 1. The number of halogens is 1. The van der Waals surface area contributed by atoms with Crippen molar-refractivity contribution in [2.45, 2.75) is 20.1 Å². The third kappa shape index (κ3) is 4.11. The summed E-state index contributed by atoms with van der Waals surface area (Å²) < 4.78 is 12.5. The van der Waals surface area contributed by atoms with Crippen molar-refractivity contribution >= 4 is 40.1 Å². The normalized spacial score (nSPS) is 11.0. The van der Waals surface area contributed by atoms with E-state index in [2.05, 4.69) is 15.3 Å². The number of thiophene rings is 1. The standard InChI is InChI=1S/C21H18ClN3O3S/c1-13-23-18-5-6-19(21(26)27-2)24-20(18)25(13)10-15-3-4-16(9-17(15)22)28-11-14-7-8-29-12-14/h3-9,12H,10-11H2,1-2H3. The summed E-state index contributed by atoms with van der Waals surface area (Å²) in [5.74, 6) is 1.01. The Hall–Kier alpha value is -2.90. The molecule has 0 saturated carbocycles. The first-order valence-corrected chi connectivity index (χ1v) is 10.2. The number of carbonyl (C=O) groups excluding carboxylic acids is 1. The maximum absolute atomic E-state index is 11.8. The van der Waals surface area contributed by atoms with E-state index in [4.69, 9.17) is 21.1 Å². The highest BCUT2D eigenvalue weighted by atomic mass is 35.5. The highest BCUT2D eigenvalue weighted by Gasteiger charge is 2.15. The molecule has 0 N–H and O–H groups in total. The fourth-order valence-electron chi connectivity index (χ4n) is 2.98. The van der Waals surface area contributed by atoms with Gasteiger partial charge in [-0.15, -0.1) is 0 Å². The van der Waals surface area contributed by atoms with Gasteiger partial charge in [-0.1, -0.05) is 17.7 Å². The zero-order chi connectivity index (χ0) is 20.4. The van der Waals surface area contributed by atoms with Gasteiger partial charge in [-0.25, -0.2) is 14.8 Å². The van der Waals surface area contributed by atoms with Crippen molar-refractivity contribution < 1.29 is 14.3 Å². The maximum atomic E-state index is 11.8. The highest BCUT2D eigenvalue weighted by Crippen LogP contribution is 2.26. The van der Waals surface area contributed by atoms with E-state index in [0.29, 0.717) is 35.1 Å². The molecule has 8 heteroatoms. The van der Waals surface area contributed by atoms with Crippen LogP contribution in [0.4, 0.5) is 0 Å². The average molecular weight is 428 g/mol. The van der Waals surface area contributed by atoms with Gasteiger partial charge in [0.25, 0.3) is 0 Å². The van der Waals surface area contributed by atoms with Crippen LogP contribution < -0.4 is 4.74 Å². The van der Waals surface area contributed by atoms with Crippen molar-refractivity contribution in [2.75, 3.05) is 7.11 Å². The number of aromatic nitrogens is 3. The first-order chi connectivity index (χ1) is 14.0. The minimum absolute atomic E-state index is 0.240. The number of esters is 1. The van der Waals surface area contributed by atoms with Crippen LogP contribution in [0.1, 0.15) is 27.4 Å². The maximum Gasteiger partial charge on any atom is 0.356 e. The second-order valence-electron chi connectivity index (χ2n) is 6.45. The number of ether oxygens (including phenoxy) is 2. The molecule has 6 nitrogen and oxygen atoms in total. The molecule has 0 saturated heterocycles. The molecular formula is C21H18ClN3O3S. The number of aryl methyl sites for hydroxylation is 1. The lowest BCUT2D eigenvalue weighted by molar-refractivity contribution is 0.0594. The zero-order valence-electron chi connectivity index (χ0n) is 15.9. The van der Waals surface area contributed by atoms with Crippen LogP contribution in [0.5, 0.6) is 5.75 Å². The first kappa shape index (κ1) is 19.4. The Labute approximate surface area is 176 Å². The van der Waals surface area contributed by atoms with Gasteiger partial charge in [-0.2, -0.15) is 11.3 Å². The molecule has 0 aliphatic carbocycles. The summed E-state index contributed by atoms with van der Waals surface area (Å²) in [6, 6.07) is 11.0. The summed E-state index contributed by atoms with van der Waals surface area (Å²) >= 11 is 8.15. The minimum atomic E-state index is -0.484. The van der Waals surface area contributed by atoms with Gasteiger partial charge in [-0.3, -0.25) is 0 Å². The van der Waals surface area contributed by atoms with Crippen molar-refractivity contribution in [3.8, 4) is 5.75 Å². The summed E-state index contributed by atoms with van der Waals surface area (Å²) in [6.07, 6.45) is 0. The van der Waals surface area contributed by atoms with E-state index in [9.17, 15) is 4.79 Å². The van der Waals surface area contributed by atoms with Crippen molar-refractivity contribution in [2.24, 2.45) is 0 Å². The smallest absolute Gasteiger partial charge is 0.356 e. The van der Waals surface area contributed by atoms with Crippen LogP contribution in [0, 0.1) is 6.92 Å². The number of hydrogen-bond acceptors (Lipinski definition) is 6. The van der Waals surface area contributed by atoms with E-state index in [1.807, 2.05) is 41.1 Å². The summed E-state index contributed by atoms with van der Waals surface area (Å²) in [5.41, 5.74) is 3.59. The van der Waals surface area contributed by atoms with Gasteiger partial charge < -0.3 is 14.0 Å². The number of hydrogen-bond donors (Lipinski definition) is 0. The van der Waals surface area contributed by atoms with Crippen molar-refractivity contribution in [3.05, 3.63) is 74.8 Å². The molecule has 4 rings (SSSR count). The molecule has 0 amide bonds. The molecule has 4 aromatic rings. The Morgan fingerprint density at radius 1 is 1.21 bits per heavy atom. The van der Waals surface area contributed by atoms with E-state index in [1.54, 1.807) is 23.5 Å². The fraction of sp³-hybridized carbons (Fsp3) is 0.190. The van der Waals surface area contributed by atoms with Crippen LogP contribution in [-0.2, 0) is 17.9 Å². The first-order valence-electron chi connectivity index (χ1n) is 8.89. The molecule has 1 aromatic carbocycles. The summed E-state index contributed by atoms with van der Waals surface area (Å²) in [7, 11) is 1.33. The second kappa shape index (κ2) is 8.23. The van der Waals surface area contributed by atoms with E-state index >= 15 is 0 Å². The summed E-state index contributed by atoms with van der Waals surface area (Å²) in [6.45, 7) is 2.88. The Kier molecular flexibility index (Phi) is 5.51. The molecule has 148 valence electrons. The Bertz CT molecular complexity index is 1170. The quantitative estimate of drug-likeness (QED) is 0.411. The van der Waals surface area contributed by atoms with Gasteiger partial charge in [0.05, 0.1) is 13.7 Å². The molecule has 29 heavy (non-hydrogen) atoms. The minimum Gasteiger partial charge on any atom is -0.489 e. The van der Waals surface area contributed by atoms with E-state index in [-0.39, 0.29) is 5.69 Å². The number of nitrogens with zero attached hydrogens (tertiary/aromatic N) is 3. The largest absolute Gasteiger partial charge is 0.489 e. The predicted molar refractivity (Wildman–Crippen MR) is 113 cm³/mol. The zero-order valence-corrected chi connectivity index (χ0v) is 17.5. The van der Waals surface area contributed by atoms with Crippen molar-refractivity contribution in [3.63, 3.8) is 0 Å². The number of rotatable bonds is 6. The Morgan fingerprint density at radius 2 is 2.07 bits per heavy atom. The van der Waals surface area contributed by atoms with Crippen molar-refractivity contribution in [1.29, 1.82) is 0 Å². The van der Waals surface area contributed by atoms with Crippen LogP contribution in [0.25, 0.3) is 11.2 Å². The van der Waals surface area contributed by atoms with Gasteiger partial charge in [0.2, 0.25) is 0 Å². The summed E-state index contributed by atoms with van der Waals surface area (Å²) in [4.78, 5) is 20.8. The highest BCUT2D eigenvalue weighted by molar-refractivity contribution is 7.07. The molecule has 0 atom stereocenters. The average Bonchev–Trinajstić information content (AvgIpc) is 3.35. The van der Waals surface area contributed by atoms with Gasteiger partial charge in [0.15, 0.2) is 11.3 Å². The number of methoxy groups -OCH3 is 1. The monoisotopic (exact) mass is 427 g/mol. The van der Waals surface area contributed by atoms with E-state index in [1.165, 1.54) is 7.11 Å². The van der Waals surface area contributed by atoms with Gasteiger partial charge in [0.1, 0.15) is 23.7 Å². The third-order valence-electron chi connectivity index (χ3n) is 4.52. The molecule has 0 bridgehead atoms. The molecule has 0 aliphatic rings.